The Labute approximate surface area is 189 Å². The lowest BCUT2D eigenvalue weighted by atomic mass is 10.1. The van der Waals surface area contributed by atoms with Gasteiger partial charge in [-0.05, 0) is 23.6 Å². The van der Waals surface area contributed by atoms with E-state index in [4.69, 9.17) is 11.6 Å². The van der Waals surface area contributed by atoms with Crippen molar-refractivity contribution in [3.05, 3.63) is 82.8 Å². The van der Waals surface area contributed by atoms with Crippen molar-refractivity contribution >= 4 is 51.2 Å². The average molecular weight is 450 g/mol. The number of benzene rings is 3. The third kappa shape index (κ3) is 5.10. The Morgan fingerprint density at radius 3 is 2.68 bits per heavy atom. The highest BCUT2D eigenvalue weighted by molar-refractivity contribution is 7.13. The molecular weight excluding hydrogens is 430 g/mol. The van der Waals surface area contributed by atoms with Crippen molar-refractivity contribution in [2.24, 2.45) is 0 Å². The fraction of sp³-hybridized carbons (Fsp3) is 0.125. The summed E-state index contributed by atoms with van der Waals surface area (Å²) in [5, 5.41) is 8.22. The van der Waals surface area contributed by atoms with Gasteiger partial charge in [-0.2, -0.15) is 0 Å². The first-order valence-electron chi connectivity index (χ1n) is 9.71. The fourth-order valence-corrected chi connectivity index (χ4v) is 4.27. The van der Waals surface area contributed by atoms with Gasteiger partial charge in [-0.15, -0.1) is 11.3 Å². The summed E-state index contributed by atoms with van der Waals surface area (Å²) in [4.78, 5) is 31.1. The van der Waals surface area contributed by atoms with Crippen LogP contribution in [0.3, 0.4) is 0 Å². The number of anilines is 1. The highest BCUT2D eigenvalue weighted by Gasteiger charge is 2.16. The molecule has 4 aromatic rings. The van der Waals surface area contributed by atoms with Gasteiger partial charge >= 0.3 is 0 Å². The molecule has 156 valence electrons. The van der Waals surface area contributed by atoms with Gasteiger partial charge in [0.25, 0.3) is 0 Å². The fourth-order valence-electron chi connectivity index (χ4n) is 3.26. The Bertz CT molecular complexity index is 1250. The van der Waals surface area contributed by atoms with Crippen molar-refractivity contribution in [1.82, 2.24) is 9.88 Å². The zero-order valence-electron chi connectivity index (χ0n) is 16.8. The van der Waals surface area contributed by atoms with Crippen LogP contribution in [0.2, 0.25) is 5.02 Å². The molecule has 0 fully saturated rings. The molecule has 0 saturated heterocycles. The summed E-state index contributed by atoms with van der Waals surface area (Å²) >= 11 is 7.51. The van der Waals surface area contributed by atoms with Gasteiger partial charge in [0.05, 0.1) is 18.7 Å². The number of amides is 2. The molecule has 31 heavy (non-hydrogen) atoms. The van der Waals surface area contributed by atoms with E-state index in [1.807, 2.05) is 66.0 Å². The van der Waals surface area contributed by atoms with E-state index in [1.165, 1.54) is 16.2 Å². The number of carbonyl (C=O) groups excluding carboxylic acids is 2. The lowest BCUT2D eigenvalue weighted by molar-refractivity contribution is -0.132. The van der Waals surface area contributed by atoms with Gasteiger partial charge in [-0.1, -0.05) is 60.1 Å². The minimum Gasteiger partial charge on any atom is -0.336 e. The molecule has 7 heteroatoms. The number of nitrogens with zero attached hydrogens (tertiary/aromatic N) is 2. The lowest BCUT2D eigenvalue weighted by Crippen LogP contribution is -2.35. The normalized spacial score (nSPS) is 10.8. The summed E-state index contributed by atoms with van der Waals surface area (Å²) in [7, 11) is 1.62. The number of thiazole rings is 1. The standard InChI is InChI=1S/C24H20ClN3O2S/c1-28(14-22(29)27-21-11-5-7-16-6-2-3-10-20(16)21)23(30)13-19-15-31-24(26-19)17-8-4-9-18(25)12-17/h2-12,15H,13-14H2,1H3,(H,27,29). The van der Waals surface area contributed by atoms with Crippen LogP contribution in [0.1, 0.15) is 5.69 Å². The first-order valence-corrected chi connectivity index (χ1v) is 11.0. The molecule has 0 aliphatic carbocycles. The molecule has 3 aromatic carbocycles. The minimum atomic E-state index is -0.245. The van der Waals surface area contributed by atoms with Gasteiger partial charge < -0.3 is 10.2 Å². The quantitative estimate of drug-likeness (QED) is 0.437. The largest absolute Gasteiger partial charge is 0.336 e. The number of likely N-dealkylation sites (N-methyl/N-ethyl adjacent to an activating group) is 1. The van der Waals surface area contributed by atoms with Crippen LogP contribution in [0, 0.1) is 0 Å². The molecule has 0 aliphatic rings. The molecular formula is C24H20ClN3O2S. The molecule has 0 spiro atoms. The van der Waals surface area contributed by atoms with Crippen molar-refractivity contribution in [1.29, 1.82) is 0 Å². The van der Waals surface area contributed by atoms with Crippen LogP contribution in [-0.4, -0.2) is 35.3 Å². The smallest absolute Gasteiger partial charge is 0.244 e. The van der Waals surface area contributed by atoms with Gasteiger partial charge in [0.1, 0.15) is 5.01 Å². The second-order valence-corrected chi connectivity index (χ2v) is 8.45. The molecule has 0 aliphatic heterocycles. The first kappa shape index (κ1) is 21.0. The number of rotatable bonds is 6. The maximum Gasteiger partial charge on any atom is 0.244 e. The average Bonchev–Trinajstić information content (AvgIpc) is 3.22. The van der Waals surface area contributed by atoms with E-state index in [1.54, 1.807) is 13.1 Å². The monoisotopic (exact) mass is 449 g/mol. The number of fused-ring (bicyclic) bond motifs is 1. The zero-order valence-corrected chi connectivity index (χ0v) is 18.4. The maximum atomic E-state index is 12.6. The van der Waals surface area contributed by atoms with E-state index in [2.05, 4.69) is 10.3 Å². The van der Waals surface area contributed by atoms with Crippen molar-refractivity contribution in [3.8, 4) is 10.6 Å². The van der Waals surface area contributed by atoms with E-state index in [0.29, 0.717) is 10.7 Å². The summed E-state index contributed by atoms with van der Waals surface area (Å²) in [6, 6.07) is 21.0. The molecule has 4 rings (SSSR count). The topological polar surface area (TPSA) is 62.3 Å². The molecule has 0 bridgehead atoms. The zero-order chi connectivity index (χ0) is 21.8. The highest BCUT2D eigenvalue weighted by Crippen LogP contribution is 2.26. The van der Waals surface area contributed by atoms with Crippen molar-refractivity contribution in [2.75, 3.05) is 18.9 Å². The summed E-state index contributed by atoms with van der Waals surface area (Å²) in [6.07, 6.45) is 0.134. The molecule has 0 unspecified atom stereocenters. The molecule has 0 radical (unpaired) electrons. The molecule has 2 amide bonds. The van der Waals surface area contributed by atoms with Crippen LogP contribution in [0.5, 0.6) is 0 Å². The Hall–Kier alpha value is -3.22. The molecule has 0 saturated carbocycles. The Balaban J connectivity index is 1.37. The first-order chi connectivity index (χ1) is 15.0. The third-order valence-corrected chi connectivity index (χ3v) is 6.00. The molecule has 1 heterocycles. The van der Waals surface area contributed by atoms with Crippen LogP contribution in [0.25, 0.3) is 21.3 Å². The molecule has 5 nitrogen and oxygen atoms in total. The summed E-state index contributed by atoms with van der Waals surface area (Å²) in [5.74, 6) is -0.416. The predicted molar refractivity (Wildman–Crippen MR) is 126 cm³/mol. The van der Waals surface area contributed by atoms with E-state index >= 15 is 0 Å². The molecule has 1 N–H and O–H groups in total. The number of hydrogen-bond donors (Lipinski definition) is 1. The SMILES string of the molecule is CN(CC(=O)Nc1cccc2ccccc12)C(=O)Cc1csc(-c2cccc(Cl)c2)n1. The van der Waals surface area contributed by atoms with Gasteiger partial charge in [0.15, 0.2) is 0 Å². The van der Waals surface area contributed by atoms with E-state index < -0.39 is 0 Å². The number of hydrogen-bond acceptors (Lipinski definition) is 4. The van der Waals surface area contributed by atoms with Crippen LogP contribution in [0.15, 0.2) is 72.1 Å². The maximum absolute atomic E-state index is 12.6. The Kier molecular flexibility index (Phi) is 6.30. The van der Waals surface area contributed by atoms with Gasteiger partial charge in [-0.3, -0.25) is 9.59 Å². The second kappa shape index (κ2) is 9.29. The Morgan fingerprint density at radius 2 is 1.84 bits per heavy atom. The molecule has 0 atom stereocenters. The minimum absolute atomic E-state index is 0.0344. The van der Waals surface area contributed by atoms with Crippen LogP contribution >= 0.6 is 22.9 Å². The predicted octanol–water partition coefficient (Wildman–Crippen LogP) is 5.26. The summed E-state index contributed by atoms with van der Waals surface area (Å²) in [5.41, 5.74) is 2.32. The van der Waals surface area contributed by atoms with Crippen molar-refractivity contribution in [3.63, 3.8) is 0 Å². The molecule has 1 aromatic heterocycles. The number of nitrogens with one attached hydrogen (secondary N) is 1. The van der Waals surface area contributed by atoms with Crippen LogP contribution < -0.4 is 5.32 Å². The van der Waals surface area contributed by atoms with Gasteiger partial charge in [-0.25, -0.2) is 4.98 Å². The summed E-state index contributed by atoms with van der Waals surface area (Å²) < 4.78 is 0. The number of aromatic nitrogens is 1. The van der Waals surface area contributed by atoms with E-state index in [9.17, 15) is 9.59 Å². The third-order valence-electron chi connectivity index (χ3n) is 4.83. The van der Waals surface area contributed by atoms with Crippen LogP contribution in [-0.2, 0) is 16.0 Å². The van der Waals surface area contributed by atoms with Crippen molar-refractivity contribution < 1.29 is 9.59 Å². The van der Waals surface area contributed by atoms with Gasteiger partial charge in [0, 0.05) is 34.1 Å². The second-order valence-electron chi connectivity index (χ2n) is 7.16. The Morgan fingerprint density at radius 1 is 1.06 bits per heavy atom. The number of halogens is 1. The highest BCUT2D eigenvalue weighted by atomic mass is 35.5. The van der Waals surface area contributed by atoms with E-state index in [0.717, 1.165) is 27.0 Å². The number of carbonyl (C=O) groups is 2. The lowest BCUT2D eigenvalue weighted by Gasteiger charge is -2.17. The van der Waals surface area contributed by atoms with E-state index in [-0.39, 0.29) is 24.8 Å². The van der Waals surface area contributed by atoms with Crippen molar-refractivity contribution in [2.45, 2.75) is 6.42 Å². The van der Waals surface area contributed by atoms with Gasteiger partial charge in [0.2, 0.25) is 11.8 Å². The van der Waals surface area contributed by atoms with Crippen LogP contribution in [0.4, 0.5) is 5.69 Å². The summed E-state index contributed by atoms with van der Waals surface area (Å²) in [6.45, 7) is -0.0344.